The monoisotopic (exact) mass is 592 g/mol. The van der Waals surface area contributed by atoms with Gasteiger partial charge in [-0.3, -0.25) is 19.2 Å². The highest BCUT2D eigenvalue weighted by Gasteiger charge is 2.17. The highest BCUT2D eigenvalue weighted by atomic mass is 32.2. The normalized spacial score (nSPS) is 11.7. The molecule has 1 unspecified atom stereocenters. The lowest BCUT2D eigenvalue weighted by atomic mass is 10.1. The van der Waals surface area contributed by atoms with Gasteiger partial charge in [0.2, 0.25) is 11.8 Å². The van der Waals surface area contributed by atoms with E-state index in [-0.39, 0.29) is 17.5 Å². The van der Waals surface area contributed by atoms with Gasteiger partial charge >= 0.3 is 0 Å². The predicted molar refractivity (Wildman–Crippen MR) is 173 cm³/mol. The fourth-order valence-corrected chi connectivity index (χ4v) is 4.98. The Bertz CT molecular complexity index is 1650. The number of thioether (sulfide) groups is 1. The summed E-state index contributed by atoms with van der Waals surface area (Å²) in [5, 5.41) is 10.7. The summed E-state index contributed by atoms with van der Waals surface area (Å²) in [7, 11) is 0. The van der Waals surface area contributed by atoms with Crippen LogP contribution in [0, 0.1) is 6.92 Å². The maximum Gasteiger partial charge on any atom is 0.272 e. The maximum absolute atomic E-state index is 13.4. The van der Waals surface area contributed by atoms with Crippen molar-refractivity contribution in [2.24, 2.45) is 0 Å². The molecular weight excluding hydrogens is 560 g/mol. The first-order valence-electron chi connectivity index (χ1n) is 13.6. The minimum Gasteiger partial charge on any atom is -0.326 e. The molecule has 4 aromatic carbocycles. The van der Waals surface area contributed by atoms with Crippen molar-refractivity contribution in [3.63, 3.8) is 0 Å². The molecule has 0 radical (unpaired) electrons. The van der Waals surface area contributed by atoms with Gasteiger partial charge in [0.1, 0.15) is 5.70 Å². The molecular formula is C34H32N4O4S. The Morgan fingerprint density at radius 3 is 2.07 bits per heavy atom. The molecule has 0 aromatic heterocycles. The lowest BCUT2D eigenvalue weighted by Gasteiger charge is -2.14. The van der Waals surface area contributed by atoms with E-state index in [1.54, 1.807) is 79.7 Å². The van der Waals surface area contributed by atoms with Crippen LogP contribution in [0.15, 0.2) is 114 Å². The fraction of sp³-hybridized carbons (Fsp3) is 0.118. The van der Waals surface area contributed by atoms with Gasteiger partial charge in [-0.05, 0) is 80.1 Å². The maximum atomic E-state index is 13.4. The van der Waals surface area contributed by atoms with E-state index in [2.05, 4.69) is 21.3 Å². The number of carbonyl (C=O) groups is 4. The Labute approximate surface area is 255 Å². The van der Waals surface area contributed by atoms with Gasteiger partial charge in [-0.2, -0.15) is 0 Å². The molecule has 0 fully saturated rings. The number of hydrogen-bond donors (Lipinski definition) is 4. The number of aryl methyl sites for hydroxylation is 1. The molecule has 0 spiro atoms. The van der Waals surface area contributed by atoms with Gasteiger partial charge in [0.05, 0.1) is 5.25 Å². The first-order valence-corrected chi connectivity index (χ1v) is 14.5. The van der Waals surface area contributed by atoms with Gasteiger partial charge in [-0.15, -0.1) is 11.8 Å². The average molecular weight is 593 g/mol. The van der Waals surface area contributed by atoms with Crippen molar-refractivity contribution in [3.8, 4) is 0 Å². The van der Waals surface area contributed by atoms with Crippen LogP contribution in [0.1, 0.15) is 35.3 Å². The Balaban J connectivity index is 1.44. The third-order valence-corrected chi connectivity index (χ3v) is 7.22. The second kappa shape index (κ2) is 14.7. The van der Waals surface area contributed by atoms with Crippen molar-refractivity contribution in [2.45, 2.75) is 30.9 Å². The van der Waals surface area contributed by atoms with Gasteiger partial charge in [-0.25, -0.2) is 0 Å². The molecule has 9 heteroatoms. The van der Waals surface area contributed by atoms with Gasteiger partial charge in [0.15, 0.2) is 0 Å². The first kappa shape index (κ1) is 30.8. The zero-order valence-electron chi connectivity index (χ0n) is 24.0. The quantitative estimate of drug-likeness (QED) is 0.124. The summed E-state index contributed by atoms with van der Waals surface area (Å²) in [5.74, 6) is -1.25. The third-order valence-electron chi connectivity index (χ3n) is 6.13. The summed E-state index contributed by atoms with van der Waals surface area (Å²) in [4.78, 5) is 51.1. The molecule has 0 saturated carbocycles. The van der Waals surface area contributed by atoms with Crippen molar-refractivity contribution in [1.29, 1.82) is 0 Å². The second-order valence-electron chi connectivity index (χ2n) is 9.78. The Morgan fingerprint density at radius 1 is 0.721 bits per heavy atom. The summed E-state index contributed by atoms with van der Waals surface area (Å²) in [6.45, 7) is 5.17. The Morgan fingerprint density at radius 2 is 1.40 bits per heavy atom. The van der Waals surface area contributed by atoms with Crippen LogP contribution < -0.4 is 21.3 Å². The topological polar surface area (TPSA) is 116 Å². The highest BCUT2D eigenvalue weighted by molar-refractivity contribution is 8.00. The molecule has 218 valence electrons. The lowest BCUT2D eigenvalue weighted by Crippen LogP contribution is -2.30. The molecule has 0 aliphatic carbocycles. The molecule has 1 atom stereocenters. The van der Waals surface area contributed by atoms with Gasteiger partial charge in [-0.1, -0.05) is 54.1 Å². The molecule has 4 N–H and O–H groups in total. The number of anilines is 3. The van der Waals surface area contributed by atoms with E-state index in [4.69, 9.17) is 0 Å². The number of carbonyl (C=O) groups excluding carboxylic acids is 4. The molecule has 0 aliphatic heterocycles. The molecule has 0 aliphatic rings. The van der Waals surface area contributed by atoms with Crippen molar-refractivity contribution in [2.75, 3.05) is 16.0 Å². The van der Waals surface area contributed by atoms with E-state index < -0.39 is 17.1 Å². The molecule has 4 rings (SSSR count). The molecule has 8 nitrogen and oxygen atoms in total. The van der Waals surface area contributed by atoms with Crippen molar-refractivity contribution in [3.05, 3.63) is 126 Å². The fourth-order valence-electron chi connectivity index (χ4n) is 4.06. The molecule has 4 aromatic rings. The minimum absolute atomic E-state index is 0.0924. The van der Waals surface area contributed by atoms with Crippen LogP contribution in [0.2, 0.25) is 0 Å². The van der Waals surface area contributed by atoms with Crippen molar-refractivity contribution >= 4 is 58.5 Å². The third kappa shape index (κ3) is 9.44. The van der Waals surface area contributed by atoms with E-state index in [1.807, 2.05) is 43.3 Å². The molecule has 43 heavy (non-hydrogen) atoms. The molecule has 0 saturated heterocycles. The molecule has 0 heterocycles. The van der Waals surface area contributed by atoms with E-state index in [9.17, 15) is 19.2 Å². The largest absolute Gasteiger partial charge is 0.326 e. The second-order valence-corrected chi connectivity index (χ2v) is 11.2. The van der Waals surface area contributed by atoms with E-state index >= 15 is 0 Å². The smallest absolute Gasteiger partial charge is 0.272 e. The number of benzene rings is 4. The lowest BCUT2D eigenvalue weighted by molar-refractivity contribution is -0.115. The van der Waals surface area contributed by atoms with Crippen molar-refractivity contribution < 1.29 is 19.2 Å². The highest BCUT2D eigenvalue weighted by Crippen LogP contribution is 2.27. The predicted octanol–water partition coefficient (Wildman–Crippen LogP) is 6.48. The number of hydrogen-bond acceptors (Lipinski definition) is 5. The zero-order chi connectivity index (χ0) is 30.8. The summed E-state index contributed by atoms with van der Waals surface area (Å²) in [5.41, 5.74) is 4.08. The van der Waals surface area contributed by atoms with Gasteiger partial charge in [0, 0.05) is 34.4 Å². The number of rotatable bonds is 10. The number of nitrogens with one attached hydrogen (secondary N) is 4. The molecule has 0 bridgehead atoms. The van der Waals surface area contributed by atoms with Crippen LogP contribution in [0.3, 0.4) is 0 Å². The van der Waals surface area contributed by atoms with Crippen LogP contribution in [0.25, 0.3) is 6.08 Å². The van der Waals surface area contributed by atoms with E-state index in [1.165, 1.54) is 18.7 Å². The van der Waals surface area contributed by atoms with E-state index in [0.29, 0.717) is 22.6 Å². The first-order chi connectivity index (χ1) is 20.7. The average Bonchev–Trinajstić information content (AvgIpc) is 2.98. The summed E-state index contributed by atoms with van der Waals surface area (Å²) >= 11 is 1.34. The van der Waals surface area contributed by atoms with Crippen LogP contribution in [-0.4, -0.2) is 28.9 Å². The van der Waals surface area contributed by atoms with Crippen LogP contribution >= 0.6 is 11.8 Å². The SMILES string of the molecule is CC(=O)Nc1ccc(NC(=O)C(C)Sc2cccc(NC(=O)/C(=C\c3cccc(C)c3)NC(=O)c3ccccc3)c2)cc1. The van der Waals surface area contributed by atoms with Crippen LogP contribution in [0.5, 0.6) is 0 Å². The number of amides is 4. The van der Waals surface area contributed by atoms with Crippen molar-refractivity contribution in [1.82, 2.24) is 5.32 Å². The summed E-state index contributed by atoms with van der Waals surface area (Å²) < 4.78 is 0. The van der Waals surface area contributed by atoms with Gasteiger partial charge in [0.25, 0.3) is 11.8 Å². The standard InChI is InChI=1S/C34H32N4O4S/c1-22-9-7-10-25(19-22)20-31(38-33(41)26-11-5-4-6-12-26)34(42)37-29-13-8-14-30(21-29)43-23(2)32(40)36-28-17-15-27(16-18-28)35-24(3)39/h4-21,23H,1-3H3,(H,35,39)(H,36,40)(H,37,42)(H,38,41)/b31-20+. The Kier molecular flexibility index (Phi) is 10.5. The zero-order valence-corrected chi connectivity index (χ0v) is 24.8. The summed E-state index contributed by atoms with van der Waals surface area (Å²) in [6.07, 6.45) is 1.64. The van der Waals surface area contributed by atoms with Gasteiger partial charge < -0.3 is 21.3 Å². The minimum atomic E-state index is -0.485. The Hall–Kier alpha value is -5.15. The summed E-state index contributed by atoms with van der Waals surface area (Å²) in [6, 6.07) is 30.3. The van der Waals surface area contributed by atoms with Crippen LogP contribution in [-0.2, 0) is 14.4 Å². The van der Waals surface area contributed by atoms with E-state index in [0.717, 1.165) is 16.0 Å². The molecule has 4 amide bonds. The van der Waals surface area contributed by atoms with Crippen LogP contribution in [0.4, 0.5) is 17.1 Å².